The summed E-state index contributed by atoms with van der Waals surface area (Å²) in [4.78, 5) is 0. The Kier molecular flexibility index (Phi) is 3.14. The van der Waals surface area contributed by atoms with Crippen LogP contribution in [0.4, 0.5) is 0 Å². The number of thiophene rings is 1. The molecule has 0 unspecified atom stereocenters. The van der Waals surface area contributed by atoms with E-state index < -0.39 is 9.05 Å². The van der Waals surface area contributed by atoms with E-state index in [-0.39, 0.29) is 4.21 Å². The molecule has 0 aliphatic carbocycles. The van der Waals surface area contributed by atoms with E-state index >= 15 is 0 Å². The normalized spacial score (nSPS) is 12.2. The molecule has 0 aliphatic heterocycles. The van der Waals surface area contributed by atoms with Crippen molar-refractivity contribution >= 4 is 64.4 Å². The molecule has 7 heteroatoms. The Labute approximate surface area is 111 Å². The van der Waals surface area contributed by atoms with Crippen LogP contribution in [0.15, 0.2) is 16.3 Å². The van der Waals surface area contributed by atoms with E-state index in [1.165, 1.54) is 0 Å². The molecule has 0 fully saturated rings. The van der Waals surface area contributed by atoms with Crippen molar-refractivity contribution in [1.29, 1.82) is 0 Å². The van der Waals surface area contributed by atoms with Crippen LogP contribution in [0, 0.1) is 6.92 Å². The van der Waals surface area contributed by atoms with E-state index in [9.17, 15) is 8.42 Å². The maximum Gasteiger partial charge on any atom is 0.271 e. The summed E-state index contributed by atoms with van der Waals surface area (Å²) in [6, 6.07) is 3.26. The van der Waals surface area contributed by atoms with Gasteiger partial charge in [0.05, 0.1) is 9.72 Å². The van der Waals surface area contributed by atoms with Gasteiger partial charge >= 0.3 is 0 Å². The number of benzene rings is 1. The number of rotatable bonds is 1. The van der Waals surface area contributed by atoms with Gasteiger partial charge in [-0.3, -0.25) is 0 Å². The monoisotopic (exact) mass is 314 g/mol. The molecule has 0 N–H and O–H groups in total. The minimum atomic E-state index is -3.74. The third kappa shape index (κ3) is 2.05. The summed E-state index contributed by atoms with van der Waals surface area (Å²) in [5, 5.41) is 1.63. The Hall–Kier alpha value is -0.000000000000000111. The van der Waals surface area contributed by atoms with Gasteiger partial charge in [0.2, 0.25) is 0 Å². The Morgan fingerprint density at radius 3 is 2.44 bits per heavy atom. The van der Waals surface area contributed by atoms with Gasteiger partial charge < -0.3 is 0 Å². The quantitative estimate of drug-likeness (QED) is 0.729. The lowest BCUT2D eigenvalue weighted by molar-refractivity contribution is 0.611. The maximum absolute atomic E-state index is 11.3. The minimum absolute atomic E-state index is 0.119. The van der Waals surface area contributed by atoms with E-state index in [1.54, 1.807) is 19.1 Å². The first kappa shape index (κ1) is 12.5. The Morgan fingerprint density at radius 1 is 1.25 bits per heavy atom. The van der Waals surface area contributed by atoms with Crippen LogP contribution in [-0.4, -0.2) is 8.42 Å². The predicted molar refractivity (Wildman–Crippen MR) is 69.6 cm³/mol. The molecule has 0 saturated carbocycles. The molecule has 0 atom stereocenters. The Balaban J connectivity index is 2.94. The molecular weight excluding hydrogens is 311 g/mol. The fraction of sp³-hybridized carbons (Fsp3) is 0.111. The summed E-state index contributed by atoms with van der Waals surface area (Å²) < 4.78 is 23.4. The van der Waals surface area contributed by atoms with Crippen LogP contribution in [-0.2, 0) is 9.05 Å². The van der Waals surface area contributed by atoms with Crippen LogP contribution >= 0.6 is 45.2 Å². The third-order valence-electron chi connectivity index (χ3n) is 2.13. The van der Waals surface area contributed by atoms with Crippen molar-refractivity contribution < 1.29 is 8.42 Å². The first-order valence-electron chi connectivity index (χ1n) is 4.13. The molecule has 1 aromatic heterocycles. The van der Waals surface area contributed by atoms with Gasteiger partial charge in [0.25, 0.3) is 9.05 Å². The van der Waals surface area contributed by atoms with E-state index in [0.717, 1.165) is 16.7 Å². The van der Waals surface area contributed by atoms with Crippen molar-refractivity contribution in [1.82, 2.24) is 0 Å². The molecular formula is C9H5Cl3O2S2. The fourth-order valence-electron chi connectivity index (χ4n) is 1.45. The van der Waals surface area contributed by atoms with Gasteiger partial charge in [0, 0.05) is 15.7 Å². The van der Waals surface area contributed by atoms with Crippen molar-refractivity contribution in [2.45, 2.75) is 11.1 Å². The molecule has 16 heavy (non-hydrogen) atoms. The smallest absolute Gasteiger partial charge is 0.206 e. The third-order valence-corrected chi connectivity index (χ3v) is 6.29. The first-order chi connectivity index (χ1) is 7.30. The topological polar surface area (TPSA) is 34.1 Å². The van der Waals surface area contributed by atoms with Crippen LogP contribution in [0.3, 0.4) is 0 Å². The molecule has 1 heterocycles. The second-order valence-corrected chi connectivity index (χ2v) is 7.84. The van der Waals surface area contributed by atoms with Crippen LogP contribution in [0.5, 0.6) is 0 Å². The lowest BCUT2D eigenvalue weighted by atomic mass is 10.2. The molecule has 0 amide bonds. The molecule has 86 valence electrons. The number of hydrogen-bond acceptors (Lipinski definition) is 3. The van der Waals surface area contributed by atoms with Crippen LogP contribution in [0.25, 0.3) is 10.1 Å². The number of aryl methyl sites for hydroxylation is 1. The predicted octanol–water partition coefficient (Wildman–Crippen LogP) is 4.44. The summed E-state index contributed by atoms with van der Waals surface area (Å²) >= 11 is 12.9. The zero-order valence-electron chi connectivity index (χ0n) is 7.92. The molecule has 2 aromatic rings. The fourth-order valence-corrected chi connectivity index (χ4v) is 4.74. The standard InChI is InChI=1S/C9H5Cl3O2S2/c1-4-6-2-5(10)3-7(11)8(6)15-9(4)16(12,13)14/h2-3H,1H3. The van der Waals surface area contributed by atoms with Crippen molar-refractivity contribution in [3.05, 3.63) is 27.7 Å². The molecule has 0 spiro atoms. The zero-order valence-corrected chi connectivity index (χ0v) is 11.8. The molecule has 0 saturated heterocycles. The number of hydrogen-bond donors (Lipinski definition) is 0. The molecule has 0 bridgehead atoms. The summed E-state index contributed by atoms with van der Waals surface area (Å²) in [7, 11) is 1.60. The zero-order chi connectivity index (χ0) is 12.1. The van der Waals surface area contributed by atoms with E-state index in [0.29, 0.717) is 20.3 Å². The lowest BCUT2D eigenvalue weighted by Gasteiger charge is -1.96. The van der Waals surface area contributed by atoms with Crippen LogP contribution in [0.2, 0.25) is 10.0 Å². The van der Waals surface area contributed by atoms with Gasteiger partial charge in [-0.05, 0) is 30.0 Å². The molecule has 2 rings (SSSR count). The lowest BCUT2D eigenvalue weighted by Crippen LogP contribution is -1.87. The number of fused-ring (bicyclic) bond motifs is 1. The van der Waals surface area contributed by atoms with E-state index in [1.807, 2.05) is 0 Å². The second kappa shape index (κ2) is 4.03. The van der Waals surface area contributed by atoms with Gasteiger partial charge in [0.1, 0.15) is 4.21 Å². The molecule has 0 radical (unpaired) electrons. The van der Waals surface area contributed by atoms with Crippen molar-refractivity contribution in [2.75, 3.05) is 0 Å². The maximum atomic E-state index is 11.3. The molecule has 1 aromatic carbocycles. The average Bonchev–Trinajstić information content (AvgIpc) is 2.43. The van der Waals surface area contributed by atoms with Crippen molar-refractivity contribution in [3.63, 3.8) is 0 Å². The minimum Gasteiger partial charge on any atom is -0.206 e. The van der Waals surface area contributed by atoms with Gasteiger partial charge in [-0.2, -0.15) is 0 Å². The summed E-state index contributed by atoms with van der Waals surface area (Å²) in [6.07, 6.45) is 0. The van der Waals surface area contributed by atoms with Crippen LogP contribution < -0.4 is 0 Å². The van der Waals surface area contributed by atoms with Gasteiger partial charge in [-0.15, -0.1) is 11.3 Å². The first-order valence-corrected chi connectivity index (χ1v) is 8.01. The average molecular weight is 316 g/mol. The Bertz CT molecular complexity index is 674. The van der Waals surface area contributed by atoms with Gasteiger partial charge in [0.15, 0.2) is 0 Å². The summed E-state index contributed by atoms with van der Waals surface area (Å²) in [5.41, 5.74) is 0.583. The van der Waals surface area contributed by atoms with E-state index in [2.05, 4.69) is 0 Å². The molecule has 2 nitrogen and oxygen atoms in total. The summed E-state index contributed by atoms with van der Waals surface area (Å²) in [6.45, 7) is 1.68. The SMILES string of the molecule is Cc1c(S(=O)(=O)Cl)sc2c(Cl)cc(Cl)cc12. The van der Waals surface area contributed by atoms with Gasteiger partial charge in [-0.1, -0.05) is 23.2 Å². The van der Waals surface area contributed by atoms with Crippen molar-refractivity contribution in [3.8, 4) is 0 Å². The van der Waals surface area contributed by atoms with Crippen LogP contribution in [0.1, 0.15) is 5.56 Å². The van der Waals surface area contributed by atoms with Gasteiger partial charge in [-0.25, -0.2) is 8.42 Å². The Morgan fingerprint density at radius 2 is 1.88 bits per heavy atom. The summed E-state index contributed by atoms with van der Waals surface area (Å²) in [5.74, 6) is 0. The highest BCUT2D eigenvalue weighted by Crippen LogP contribution is 2.40. The number of halogens is 3. The molecule has 0 aliphatic rings. The highest BCUT2D eigenvalue weighted by molar-refractivity contribution is 8.15. The van der Waals surface area contributed by atoms with E-state index in [4.69, 9.17) is 33.9 Å². The highest BCUT2D eigenvalue weighted by atomic mass is 35.7. The highest BCUT2D eigenvalue weighted by Gasteiger charge is 2.20. The second-order valence-electron chi connectivity index (χ2n) is 3.22. The van der Waals surface area contributed by atoms with Crippen molar-refractivity contribution in [2.24, 2.45) is 0 Å². The largest absolute Gasteiger partial charge is 0.271 e.